The highest BCUT2D eigenvalue weighted by Gasteiger charge is 2.20. The van der Waals surface area contributed by atoms with Crippen molar-refractivity contribution in [1.29, 1.82) is 5.41 Å². The van der Waals surface area contributed by atoms with Crippen LogP contribution in [-0.2, 0) is 0 Å². The second-order valence-corrected chi connectivity index (χ2v) is 5.27. The molecule has 3 nitrogen and oxygen atoms in total. The number of nitrogens with one attached hydrogen (secondary N) is 1. The van der Waals surface area contributed by atoms with Crippen LogP contribution in [0, 0.1) is 18.3 Å². The van der Waals surface area contributed by atoms with Crippen molar-refractivity contribution in [3.63, 3.8) is 0 Å². The van der Waals surface area contributed by atoms with E-state index in [0.717, 1.165) is 30.3 Å². The van der Waals surface area contributed by atoms with Gasteiger partial charge in [0, 0.05) is 24.3 Å². The predicted octanol–water partition coefficient (Wildman–Crippen LogP) is 2.91. The molecule has 1 fully saturated rings. The number of nitrogens with two attached hydrogens (primary N) is 1. The number of amidine groups is 1. The number of benzene rings is 1. The molecule has 0 aromatic heterocycles. The summed E-state index contributed by atoms with van der Waals surface area (Å²) in [5, 5.41) is 7.69. The lowest BCUT2D eigenvalue weighted by molar-refractivity contribution is 0.395. The van der Waals surface area contributed by atoms with Crippen molar-refractivity contribution in [1.82, 2.24) is 0 Å². The van der Waals surface area contributed by atoms with Gasteiger partial charge in [-0.3, -0.25) is 5.41 Å². The highest BCUT2D eigenvalue weighted by Crippen LogP contribution is 2.28. The average Bonchev–Trinajstić information content (AvgIpc) is 2.38. The van der Waals surface area contributed by atoms with Crippen LogP contribution in [0.4, 0.5) is 5.69 Å². The third-order valence-corrected chi connectivity index (χ3v) is 3.98. The molecule has 0 unspecified atom stereocenters. The number of hydrogen-bond donors (Lipinski definition) is 2. The molecule has 1 aromatic rings. The third-order valence-electron chi connectivity index (χ3n) is 3.98. The fourth-order valence-electron chi connectivity index (χ4n) is 2.71. The zero-order valence-electron chi connectivity index (χ0n) is 11.4. The molecule has 1 aliphatic heterocycles. The highest BCUT2D eigenvalue weighted by molar-refractivity contribution is 6.00. The van der Waals surface area contributed by atoms with E-state index in [-0.39, 0.29) is 5.84 Å². The Labute approximate surface area is 109 Å². The monoisotopic (exact) mass is 245 g/mol. The van der Waals surface area contributed by atoms with Crippen molar-refractivity contribution in [3.05, 3.63) is 29.3 Å². The summed E-state index contributed by atoms with van der Waals surface area (Å²) in [5.41, 5.74) is 8.92. The molecule has 1 aliphatic rings. The molecule has 1 saturated heterocycles. The van der Waals surface area contributed by atoms with Crippen molar-refractivity contribution in [2.24, 2.45) is 11.7 Å². The summed E-state index contributed by atoms with van der Waals surface area (Å²) in [6.45, 7) is 6.53. The Morgan fingerprint density at radius 2 is 2.06 bits per heavy atom. The van der Waals surface area contributed by atoms with Crippen LogP contribution < -0.4 is 10.6 Å². The normalized spacial score (nSPS) is 16.9. The van der Waals surface area contributed by atoms with Crippen LogP contribution in [0.5, 0.6) is 0 Å². The largest absolute Gasteiger partial charge is 0.384 e. The molecule has 0 bridgehead atoms. The van der Waals surface area contributed by atoms with Crippen LogP contribution in [-0.4, -0.2) is 18.9 Å². The topological polar surface area (TPSA) is 53.1 Å². The van der Waals surface area contributed by atoms with Gasteiger partial charge in [-0.05, 0) is 43.4 Å². The van der Waals surface area contributed by atoms with Crippen molar-refractivity contribution in [2.45, 2.75) is 33.1 Å². The van der Waals surface area contributed by atoms with Crippen LogP contribution in [0.15, 0.2) is 18.2 Å². The number of hydrogen-bond acceptors (Lipinski definition) is 2. The molecule has 18 heavy (non-hydrogen) atoms. The van der Waals surface area contributed by atoms with E-state index in [1.165, 1.54) is 24.8 Å². The maximum absolute atomic E-state index is 7.69. The summed E-state index contributed by atoms with van der Waals surface area (Å²) in [6.07, 6.45) is 3.78. The number of nitrogen functional groups attached to an aromatic ring is 1. The maximum Gasteiger partial charge on any atom is 0.124 e. The van der Waals surface area contributed by atoms with Crippen LogP contribution >= 0.6 is 0 Å². The lowest BCUT2D eigenvalue weighted by Crippen LogP contribution is -2.35. The van der Waals surface area contributed by atoms with Gasteiger partial charge in [0.2, 0.25) is 0 Å². The van der Waals surface area contributed by atoms with Crippen molar-refractivity contribution < 1.29 is 0 Å². The first-order valence-electron chi connectivity index (χ1n) is 6.81. The van der Waals surface area contributed by atoms with Gasteiger partial charge in [0.25, 0.3) is 0 Å². The molecule has 3 N–H and O–H groups in total. The van der Waals surface area contributed by atoms with Gasteiger partial charge in [0.1, 0.15) is 5.84 Å². The van der Waals surface area contributed by atoms with E-state index >= 15 is 0 Å². The lowest BCUT2D eigenvalue weighted by Gasteiger charge is -2.34. The van der Waals surface area contributed by atoms with Gasteiger partial charge in [0.15, 0.2) is 0 Å². The first kappa shape index (κ1) is 12.9. The molecule has 0 atom stereocenters. The fourth-order valence-corrected chi connectivity index (χ4v) is 2.71. The number of aryl methyl sites for hydroxylation is 1. The van der Waals surface area contributed by atoms with Crippen molar-refractivity contribution >= 4 is 11.5 Å². The highest BCUT2D eigenvalue weighted by atomic mass is 15.1. The van der Waals surface area contributed by atoms with Gasteiger partial charge >= 0.3 is 0 Å². The van der Waals surface area contributed by atoms with Crippen molar-refractivity contribution in [2.75, 3.05) is 18.0 Å². The van der Waals surface area contributed by atoms with Gasteiger partial charge < -0.3 is 10.6 Å². The summed E-state index contributed by atoms with van der Waals surface area (Å²) in [7, 11) is 0. The van der Waals surface area contributed by atoms with E-state index in [4.69, 9.17) is 11.1 Å². The number of anilines is 1. The zero-order chi connectivity index (χ0) is 13.1. The molecule has 0 radical (unpaired) electrons. The molecule has 3 heteroatoms. The second kappa shape index (κ2) is 5.42. The van der Waals surface area contributed by atoms with Gasteiger partial charge in [-0.1, -0.05) is 19.4 Å². The first-order valence-corrected chi connectivity index (χ1v) is 6.81. The van der Waals surface area contributed by atoms with E-state index in [1.807, 2.05) is 12.1 Å². The quantitative estimate of drug-likeness (QED) is 0.635. The maximum atomic E-state index is 7.69. The Balaban J connectivity index is 2.22. The molecule has 0 saturated carbocycles. The fraction of sp³-hybridized carbons (Fsp3) is 0.533. The SMILES string of the molecule is CCC1CCN(c2cc(C)ccc2C(=N)N)CC1. The summed E-state index contributed by atoms with van der Waals surface area (Å²) >= 11 is 0. The summed E-state index contributed by atoms with van der Waals surface area (Å²) < 4.78 is 0. The van der Waals surface area contributed by atoms with Crippen molar-refractivity contribution in [3.8, 4) is 0 Å². The van der Waals surface area contributed by atoms with Gasteiger partial charge in [-0.25, -0.2) is 0 Å². The van der Waals surface area contributed by atoms with Gasteiger partial charge in [-0.15, -0.1) is 0 Å². The Kier molecular flexibility index (Phi) is 3.90. The van der Waals surface area contributed by atoms with Gasteiger partial charge in [-0.2, -0.15) is 0 Å². The van der Waals surface area contributed by atoms with Crippen LogP contribution in [0.3, 0.4) is 0 Å². The Bertz CT molecular complexity index is 431. The molecule has 2 rings (SSSR count). The Morgan fingerprint density at radius 1 is 1.39 bits per heavy atom. The van der Waals surface area contributed by atoms with E-state index in [0.29, 0.717) is 0 Å². The van der Waals surface area contributed by atoms with Gasteiger partial charge in [0.05, 0.1) is 0 Å². The van der Waals surface area contributed by atoms with E-state index in [2.05, 4.69) is 24.8 Å². The number of piperidine rings is 1. The second-order valence-electron chi connectivity index (χ2n) is 5.27. The first-order chi connectivity index (χ1) is 8.61. The Hall–Kier alpha value is -1.51. The van der Waals surface area contributed by atoms with E-state index in [1.54, 1.807) is 0 Å². The molecule has 1 heterocycles. The summed E-state index contributed by atoms with van der Waals surface area (Å²) in [6, 6.07) is 6.15. The number of rotatable bonds is 3. The minimum absolute atomic E-state index is 0.169. The standard InChI is InChI=1S/C15H23N3/c1-3-12-6-8-18(9-7-12)14-10-11(2)4-5-13(14)15(16)17/h4-5,10,12H,3,6-9H2,1-2H3,(H3,16,17). The summed E-state index contributed by atoms with van der Waals surface area (Å²) in [4.78, 5) is 2.38. The average molecular weight is 245 g/mol. The Morgan fingerprint density at radius 3 is 2.61 bits per heavy atom. The van der Waals surface area contributed by atoms with Crippen LogP contribution in [0.2, 0.25) is 0 Å². The zero-order valence-corrected chi connectivity index (χ0v) is 11.4. The number of nitrogens with zero attached hydrogens (tertiary/aromatic N) is 1. The van der Waals surface area contributed by atoms with E-state index in [9.17, 15) is 0 Å². The third kappa shape index (κ3) is 2.66. The molecule has 0 amide bonds. The lowest BCUT2D eigenvalue weighted by atomic mass is 9.93. The molecular formula is C15H23N3. The van der Waals surface area contributed by atoms with Crippen LogP contribution in [0.1, 0.15) is 37.3 Å². The molecule has 1 aromatic carbocycles. The smallest absolute Gasteiger partial charge is 0.124 e. The molecule has 0 aliphatic carbocycles. The molecule has 0 spiro atoms. The minimum Gasteiger partial charge on any atom is -0.384 e. The predicted molar refractivity (Wildman–Crippen MR) is 77.4 cm³/mol. The summed E-state index contributed by atoms with van der Waals surface area (Å²) in [5.74, 6) is 1.04. The van der Waals surface area contributed by atoms with Crippen LogP contribution in [0.25, 0.3) is 0 Å². The van der Waals surface area contributed by atoms with E-state index < -0.39 is 0 Å². The molecular weight excluding hydrogens is 222 g/mol. The molecule has 98 valence electrons. The minimum atomic E-state index is 0.169.